The first-order valence-corrected chi connectivity index (χ1v) is 7.80. The van der Waals surface area contributed by atoms with Gasteiger partial charge in [-0.2, -0.15) is 0 Å². The molecule has 6 nitrogen and oxygen atoms in total. The molecule has 1 aliphatic heterocycles. The quantitative estimate of drug-likeness (QED) is 0.815. The Labute approximate surface area is 132 Å². The van der Waals surface area contributed by atoms with Gasteiger partial charge < -0.3 is 19.5 Å². The molecule has 1 heterocycles. The fraction of sp³-hybridized carbons (Fsp3) is 0.875. The van der Waals surface area contributed by atoms with E-state index in [1.165, 1.54) is 4.90 Å². The minimum absolute atomic E-state index is 0.0415. The van der Waals surface area contributed by atoms with Gasteiger partial charge in [0.15, 0.2) is 0 Å². The second-order valence-electron chi connectivity index (χ2n) is 7.65. The van der Waals surface area contributed by atoms with Crippen LogP contribution in [-0.2, 0) is 14.3 Å². The van der Waals surface area contributed by atoms with E-state index in [2.05, 4.69) is 13.8 Å². The van der Waals surface area contributed by atoms with Gasteiger partial charge in [-0.15, -0.1) is 0 Å². The fourth-order valence-electron chi connectivity index (χ4n) is 2.75. The number of carbonyl (C=O) groups is 2. The smallest absolute Gasteiger partial charge is 0.410 e. The average Bonchev–Trinajstić information content (AvgIpc) is 2.19. The van der Waals surface area contributed by atoms with Gasteiger partial charge in [0, 0.05) is 0 Å². The molecule has 0 saturated carbocycles. The number of carbonyl (C=O) groups excluding carboxylic acids is 1. The van der Waals surface area contributed by atoms with Crippen molar-refractivity contribution < 1.29 is 24.2 Å². The normalized spacial score (nSPS) is 18.8. The predicted molar refractivity (Wildman–Crippen MR) is 82.8 cm³/mol. The Morgan fingerprint density at radius 1 is 1.23 bits per heavy atom. The summed E-state index contributed by atoms with van der Waals surface area (Å²) in [6, 6.07) is 0. The number of rotatable bonds is 6. The van der Waals surface area contributed by atoms with Gasteiger partial charge in [0.05, 0.1) is 25.6 Å². The maximum Gasteiger partial charge on any atom is 0.410 e. The van der Waals surface area contributed by atoms with Gasteiger partial charge in [0.1, 0.15) is 11.2 Å². The molecule has 1 saturated heterocycles. The molecule has 1 fully saturated rings. The van der Waals surface area contributed by atoms with Gasteiger partial charge in [0.25, 0.3) is 0 Å². The third-order valence-corrected chi connectivity index (χ3v) is 3.34. The van der Waals surface area contributed by atoms with Crippen LogP contribution >= 0.6 is 0 Å². The molecule has 6 heteroatoms. The standard InChI is InChI=1S/C16H29NO5/c1-11(2)7-12(3)21-16(8-13(18)19)9-17(10-16)14(20)22-15(4,5)6/h11-12H,7-10H2,1-6H3,(H,18,19). The second kappa shape index (κ2) is 6.86. The lowest BCUT2D eigenvalue weighted by Crippen LogP contribution is -2.66. The van der Waals surface area contributed by atoms with Gasteiger partial charge >= 0.3 is 12.1 Å². The Hall–Kier alpha value is -1.30. The minimum atomic E-state index is -0.916. The Bertz CT molecular complexity index is 407. The number of hydrogen-bond acceptors (Lipinski definition) is 4. The lowest BCUT2D eigenvalue weighted by atomic mass is 9.89. The summed E-state index contributed by atoms with van der Waals surface area (Å²) < 4.78 is 11.3. The molecule has 1 amide bonds. The number of nitrogens with zero attached hydrogens (tertiary/aromatic N) is 1. The van der Waals surface area contributed by atoms with Crippen molar-refractivity contribution >= 4 is 12.1 Å². The first kappa shape index (κ1) is 18.7. The van der Waals surface area contributed by atoms with E-state index in [9.17, 15) is 9.59 Å². The van der Waals surface area contributed by atoms with E-state index in [1.54, 1.807) is 20.8 Å². The zero-order chi connectivity index (χ0) is 17.1. The minimum Gasteiger partial charge on any atom is -0.481 e. The van der Waals surface area contributed by atoms with Crippen LogP contribution in [0.25, 0.3) is 0 Å². The van der Waals surface area contributed by atoms with Crippen LogP contribution in [0.4, 0.5) is 4.79 Å². The molecule has 1 atom stereocenters. The highest BCUT2D eigenvalue weighted by atomic mass is 16.6. The number of carboxylic acid groups (broad SMARTS) is 1. The van der Waals surface area contributed by atoms with Crippen molar-refractivity contribution in [1.82, 2.24) is 4.90 Å². The van der Waals surface area contributed by atoms with E-state index in [4.69, 9.17) is 14.6 Å². The predicted octanol–water partition coefficient (Wildman–Crippen LogP) is 2.90. The molecular weight excluding hydrogens is 286 g/mol. The van der Waals surface area contributed by atoms with Gasteiger partial charge in [-0.3, -0.25) is 4.79 Å². The number of likely N-dealkylation sites (tertiary alicyclic amines) is 1. The summed E-state index contributed by atoms with van der Waals surface area (Å²) >= 11 is 0. The monoisotopic (exact) mass is 315 g/mol. The maximum atomic E-state index is 12.0. The van der Waals surface area contributed by atoms with Crippen molar-refractivity contribution in [3.05, 3.63) is 0 Å². The van der Waals surface area contributed by atoms with E-state index in [-0.39, 0.29) is 25.6 Å². The third kappa shape index (κ3) is 5.83. The molecule has 22 heavy (non-hydrogen) atoms. The van der Waals surface area contributed by atoms with E-state index in [1.807, 2.05) is 6.92 Å². The van der Waals surface area contributed by atoms with Crippen molar-refractivity contribution in [2.75, 3.05) is 13.1 Å². The molecule has 0 aromatic carbocycles. The maximum absolute atomic E-state index is 12.0. The van der Waals surface area contributed by atoms with Gasteiger partial charge in [-0.25, -0.2) is 4.79 Å². The Kier molecular flexibility index (Phi) is 5.84. The highest BCUT2D eigenvalue weighted by molar-refractivity contribution is 5.72. The van der Waals surface area contributed by atoms with Crippen molar-refractivity contribution in [3.63, 3.8) is 0 Å². The van der Waals surface area contributed by atoms with E-state index in [0.29, 0.717) is 5.92 Å². The first-order chi connectivity index (χ1) is 9.92. The van der Waals surface area contributed by atoms with Gasteiger partial charge in [-0.1, -0.05) is 13.8 Å². The lowest BCUT2D eigenvalue weighted by molar-refractivity contribution is -0.182. The van der Waals surface area contributed by atoms with Crippen LogP contribution in [0.1, 0.15) is 54.4 Å². The second-order valence-corrected chi connectivity index (χ2v) is 7.65. The molecule has 1 unspecified atom stereocenters. The van der Waals surface area contributed by atoms with E-state index < -0.39 is 23.3 Å². The van der Waals surface area contributed by atoms with Crippen molar-refractivity contribution in [1.29, 1.82) is 0 Å². The van der Waals surface area contributed by atoms with E-state index >= 15 is 0 Å². The van der Waals surface area contributed by atoms with Crippen LogP contribution in [0.3, 0.4) is 0 Å². The SMILES string of the molecule is CC(C)CC(C)OC1(CC(=O)O)CN(C(=O)OC(C)(C)C)C1. The van der Waals surface area contributed by atoms with Crippen LogP contribution in [-0.4, -0.2) is 52.5 Å². The van der Waals surface area contributed by atoms with Gasteiger partial charge in [-0.05, 0) is 40.0 Å². The Morgan fingerprint density at radius 2 is 1.77 bits per heavy atom. The fourth-order valence-corrected chi connectivity index (χ4v) is 2.75. The van der Waals surface area contributed by atoms with Crippen LogP contribution < -0.4 is 0 Å². The molecule has 0 spiro atoms. The molecule has 0 radical (unpaired) electrons. The number of ether oxygens (including phenoxy) is 2. The molecule has 0 aromatic rings. The summed E-state index contributed by atoms with van der Waals surface area (Å²) in [7, 11) is 0. The molecule has 0 aromatic heterocycles. The lowest BCUT2D eigenvalue weighted by Gasteiger charge is -2.50. The molecule has 0 bridgehead atoms. The Morgan fingerprint density at radius 3 is 2.18 bits per heavy atom. The summed E-state index contributed by atoms with van der Waals surface area (Å²) in [6.45, 7) is 12.1. The zero-order valence-corrected chi connectivity index (χ0v) is 14.5. The van der Waals surface area contributed by atoms with Crippen molar-refractivity contribution in [3.8, 4) is 0 Å². The molecule has 128 valence electrons. The summed E-state index contributed by atoms with van der Waals surface area (Å²) in [4.78, 5) is 24.6. The van der Waals surface area contributed by atoms with E-state index in [0.717, 1.165) is 6.42 Å². The average molecular weight is 315 g/mol. The summed E-state index contributed by atoms with van der Waals surface area (Å²) in [5.74, 6) is -0.445. The van der Waals surface area contributed by atoms with Crippen molar-refractivity contribution in [2.45, 2.75) is 71.7 Å². The number of aliphatic carboxylic acids is 1. The Balaban J connectivity index is 2.63. The van der Waals surface area contributed by atoms with Crippen LogP contribution in [0.5, 0.6) is 0 Å². The highest BCUT2D eigenvalue weighted by Gasteiger charge is 2.49. The highest BCUT2D eigenvalue weighted by Crippen LogP contribution is 2.32. The number of hydrogen-bond donors (Lipinski definition) is 1. The number of carboxylic acids is 1. The molecule has 1 aliphatic rings. The summed E-state index contributed by atoms with van der Waals surface area (Å²) in [5.41, 5.74) is -1.36. The summed E-state index contributed by atoms with van der Waals surface area (Å²) in [5, 5.41) is 9.11. The van der Waals surface area contributed by atoms with Crippen molar-refractivity contribution in [2.24, 2.45) is 5.92 Å². The van der Waals surface area contributed by atoms with Gasteiger partial charge in [0.2, 0.25) is 0 Å². The largest absolute Gasteiger partial charge is 0.481 e. The van der Waals surface area contributed by atoms with Crippen LogP contribution in [0, 0.1) is 5.92 Å². The topological polar surface area (TPSA) is 76.1 Å². The summed E-state index contributed by atoms with van der Waals surface area (Å²) in [6.07, 6.45) is 0.288. The van der Waals surface area contributed by atoms with Crippen LogP contribution in [0.2, 0.25) is 0 Å². The third-order valence-electron chi connectivity index (χ3n) is 3.34. The van der Waals surface area contributed by atoms with Crippen LogP contribution in [0.15, 0.2) is 0 Å². The zero-order valence-electron chi connectivity index (χ0n) is 14.5. The first-order valence-electron chi connectivity index (χ1n) is 7.80. The molecule has 1 N–H and O–H groups in total. The molecular formula is C16H29NO5. The molecule has 1 rings (SSSR count). The number of amides is 1. The molecule has 0 aliphatic carbocycles.